The second-order valence-corrected chi connectivity index (χ2v) is 7.04. The molecule has 0 bridgehead atoms. The molecule has 8 heteroatoms. The first kappa shape index (κ1) is 14.9. The van der Waals surface area contributed by atoms with Crippen LogP contribution in [-0.2, 0) is 19.4 Å². The van der Waals surface area contributed by atoms with Crippen LogP contribution in [0.15, 0.2) is 45.8 Å². The number of halogens is 1. The molecule has 0 spiro atoms. The van der Waals surface area contributed by atoms with E-state index in [1.165, 1.54) is 24.3 Å². The zero-order chi connectivity index (χ0) is 14.9. The number of carbonyl (C=O) groups excluding carboxylic acids is 2. The van der Waals surface area contributed by atoms with Gasteiger partial charge in [0.15, 0.2) is 5.37 Å². The van der Waals surface area contributed by atoms with Crippen molar-refractivity contribution in [1.82, 2.24) is 4.90 Å². The molecule has 0 aromatic heterocycles. The molecule has 0 saturated carbocycles. The lowest BCUT2D eigenvalue weighted by Gasteiger charge is -2.24. The normalized spacial score (nSPS) is 16.8. The predicted octanol–water partition coefficient (Wildman–Crippen LogP) is 0.466. The van der Waals surface area contributed by atoms with E-state index in [1.807, 2.05) is 0 Å². The first-order chi connectivity index (χ1) is 9.37. The van der Waals surface area contributed by atoms with E-state index in [-0.39, 0.29) is 4.90 Å². The third kappa shape index (κ3) is 2.54. The van der Waals surface area contributed by atoms with Crippen molar-refractivity contribution in [2.24, 2.45) is 0 Å². The molecule has 0 saturated heterocycles. The van der Waals surface area contributed by atoms with Crippen molar-refractivity contribution in [3.05, 3.63) is 40.9 Å². The Morgan fingerprint density at radius 2 is 1.60 bits per heavy atom. The summed E-state index contributed by atoms with van der Waals surface area (Å²) in [6.07, 6.45) is 1.95. The summed E-state index contributed by atoms with van der Waals surface area (Å²) in [6, 6.07) is 5.71. The highest BCUT2D eigenvalue weighted by Gasteiger charge is 2.39. The van der Waals surface area contributed by atoms with Crippen LogP contribution in [0.1, 0.15) is 0 Å². The Balaban J connectivity index is 2.43. The Bertz CT molecular complexity index is 662. The molecular formula is C12H10BrNO5S. The summed E-state index contributed by atoms with van der Waals surface area (Å²) in [5.74, 6) is -1.51. The first-order valence-electron chi connectivity index (χ1n) is 5.53. The number of nitrogens with zero attached hydrogens (tertiary/aromatic N) is 1. The molecule has 1 unspecified atom stereocenters. The lowest BCUT2D eigenvalue weighted by Crippen LogP contribution is -2.47. The lowest BCUT2D eigenvalue weighted by molar-refractivity contribution is -0.138. The van der Waals surface area contributed by atoms with Gasteiger partial charge in [0, 0.05) is 16.6 Å². The van der Waals surface area contributed by atoms with Crippen LogP contribution in [0, 0.1) is 0 Å². The maximum Gasteiger partial charge on any atom is 0.254 e. The van der Waals surface area contributed by atoms with Crippen LogP contribution in [0.2, 0.25) is 0 Å². The van der Waals surface area contributed by atoms with Gasteiger partial charge in [-0.25, -0.2) is 8.42 Å². The number of imide groups is 1. The van der Waals surface area contributed by atoms with Crippen molar-refractivity contribution in [3.8, 4) is 0 Å². The molecule has 2 rings (SSSR count). The molecule has 0 aliphatic carbocycles. The van der Waals surface area contributed by atoms with Crippen molar-refractivity contribution < 1.29 is 23.1 Å². The smallest absolute Gasteiger partial charge is 0.254 e. The highest BCUT2D eigenvalue weighted by Crippen LogP contribution is 2.23. The third-order valence-electron chi connectivity index (χ3n) is 2.79. The molecule has 1 aromatic rings. The Morgan fingerprint density at radius 3 is 2.05 bits per heavy atom. The summed E-state index contributed by atoms with van der Waals surface area (Å²) in [7, 11) is -4.04. The minimum absolute atomic E-state index is 0.0766. The van der Waals surface area contributed by atoms with Gasteiger partial charge in [0.1, 0.15) is 0 Å². The minimum Gasteiger partial charge on any atom is -0.393 e. The van der Waals surface area contributed by atoms with Crippen LogP contribution in [0.4, 0.5) is 0 Å². The Hall–Kier alpha value is -1.51. The minimum atomic E-state index is -4.04. The van der Waals surface area contributed by atoms with Crippen LogP contribution in [-0.4, -0.2) is 42.2 Å². The van der Waals surface area contributed by atoms with Gasteiger partial charge in [0.25, 0.3) is 11.8 Å². The van der Waals surface area contributed by atoms with E-state index in [0.717, 1.165) is 12.2 Å². The van der Waals surface area contributed by atoms with Crippen molar-refractivity contribution in [3.63, 3.8) is 0 Å². The predicted molar refractivity (Wildman–Crippen MR) is 73.2 cm³/mol. The second kappa shape index (κ2) is 5.47. The molecular weight excluding hydrogens is 350 g/mol. The molecule has 2 amide bonds. The average Bonchev–Trinajstić information content (AvgIpc) is 2.72. The van der Waals surface area contributed by atoms with Gasteiger partial charge in [-0.15, -0.1) is 0 Å². The maximum absolute atomic E-state index is 12.4. The van der Waals surface area contributed by atoms with Crippen molar-refractivity contribution >= 4 is 37.6 Å². The molecule has 1 heterocycles. The van der Waals surface area contributed by atoms with Crippen LogP contribution >= 0.6 is 15.9 Å². The van der Waals surface area contributed by atoms with Gasteiger partial charge in [-0.3, -0.25) is 14.5 Å². The van der Waals surface area contributed by atoms with Gasteiger partial charge in [0.05, 0.1) is 11.5 Å². The van der Waals surface area contributed by atoms with Crippen molar-refractivity contribution in [2.75, 3.05) is 6.61 Å². The second-order valence-electron chi connectivity index (χ2n) is 4.02. The van der Waals surface area contributed by atoms with Gasteiger partial charge < -0.3 is 5.11 Å². The number of carbonyl (C=O) groups is 2. The number of sulfone groups is 1. The van der Waals surface area contributed by atoms with E-state index in [0.29, 0.717) is 9.37 Å². The summed E-state index contributed by atoms with van der Waals surface area (Å²) in [5.41, 5.74) is 0. The van der Waals surface area contributed by atoms with Crippen molar-refractivity contribution in [2.45, 2.75) is 10.3 Å². The first-order valence-corrected chi connectivity index (χ1v) is 7.87. The average molecular weight is 360 g/mol. The largest absolute Gasteiger partial charge is 0.393 e. The summed E-state index contributed by atoms with van der Waals surface area (Å²) >= 11 is 3.18. The van der Waals surface area contributed by atoms with Gasteiger partial charge in [0.2, 0.25) is 9.84 Å². The standard InChI is InChI=1S/C12H10BrNO5S/c13-8-1-3-9(4-2-8)20(18,19)12(7-15)14-10(16)5-6-11(14)17/h1-6,12,15H,7H2. The Kier molecular flexibility index (Phi) is 4.07. The number of benzene rings is 1. The van der Waals surface area contributed by atoms with E-state index >= 15 is 0 Å². The van der Waals surface area contributed by atoms with E-state index in [4.69, 9.17) is 0 Å². The SMILES string of the molecule is O=C1C=CC(=O)N1C(CO)S(=O)(=O)c1ccc(Br)cc1. The molecule has 0 radical (unpaired) electrons. The van der Waals surface area contributed by atoms with Gasteiger partial charge in [-0.2, -0.15) is 0 Å². The number of rotatable bonds is 4. The van der Waals surface area contributed by atoms with Gasteiger partial charge in [-0.05, 0) is 24.3 Å². The van der Waals surface area contributed by atoms with Gasteiger partial charge in [-0.1, -0.05) is 15.9 Å². The molecule has 6 nitrogen and oxygen atoms in total. The van der Waals surface area contributed by atoms with E-state index in [9.17, 15) is 23.1 Å². The fourth-order valence-corrected chi connectivity index (χ4v) is 3.57. The van der Waals surface area contributed by atoms with Crippen LogP contribution in [0.25, 0.3) is 0 Å². The third-order valence-corrected chi connectivity index (χ3v) is 5.32. The summed E-state index contributed by atoms with van der Waals surface area (Å²) in [6.45, 7) is -0.864. The highest BCUT2D eigenvalue weighted by molar-refractivity contribution is 9.10. The number of hydrogen-bond donors (Lipinski definition) is 1. The van der Waals surface area contributed by atoms with Crippen molar-refractivity contribution in [1.29, 1.82) is 0 Å². The number of aliphatic hydroxyl groups is 1. The zero-order valence-electron chi connectivity index (χ0n) is 10.1. The Morgan fingerprint density at radius 1 is 1.10 bits per heavy atom. The molecule has 1 atom stereocenters. The zero-order valence-corrected chi connectivity index (χ0v) is 12.5. The molecule has 20 heavy (non-hydrogen) atoms. The monoisotopic (exact) mass is 359 g/mol. The summed E-state index contributed by atoms with van der Waals surface area (Å²) < 4.78 is 25.5. The summed E-state index contributed by atoms with van der Waals surface area (Å²) in [4.78, 5) is 23.6. The number of hydrogen-bond acceptors (Lipinski definition) is 5. The fraction of sp³-hybridized carbons (Fsp3) is 0.167. The fourth-order valence-electron chi connectivity index (χ4n) is 1.80. The van der Waals surface area contributed by atoms with Crippen LogP contribution < -0.4 is 0 Å². The molecule has 1 aliphatic rings. The summed E-state index contributed by atoms with van der Waals surface area (Å²) in [5, 5.41) is 7.68. The van der Waals surface area contributed by atoms with E-state index < -0.39 is 33.6 Å². The molecule has 1 aliphatic heterocycles. The molecule has 1 N–H and O–H groups in total. The van der Waals surface area contributed by atoms with Crippen LogP contribution in [0.3, 0.4) is 0 Å². The molecule has 0 fully saturated rings. The van der Waals surface area contributed by atoms with Gasteiger partial charge >= 0.3 is 0 Å². The lowest BCUT2D eigenvalue weighted by atomic mass is 10.4. The van der Waals surface area contributed by atoms with E-state index in [2.05, 4.69) is 15.9 Å². The maximum atomic E-state index is 12.4. The number of aliphatic hydroxyl groups excluding tert-OH is 1. The quantitative estimate of drug-likeness (QED) is 0.788. The highest BCUT2D eigenvalue weighted by atomic mass is 79.9. The number of amides is 2. The molecule has 1 aromatic carbocycles. The topological polar surface area (TPSA) is 91.8 Å². The van der Waals surface area contributed by atoms with E-state index in [1.54, 1.807) is 0 Å². The Labute approximate surface area is 123 Å². The molecule has 106 valence electrons. The van der Waals surface area contributed by atoms with Crippen LogP contribution in [0.5, 0.6) is 0 Å².